The van der Waals surface area contributed by atoms with Crippen LogP contribution in [0.4, 0.5) is 0 Å². The molecule has 26 heavy (non-hydrogen) atoms. The first-order chi connectivity index (χ1) is 12.1. The van der Waals surface area contributed by atoms with Gasteiger partial charge >= 0.3 is 0 Å². The summed E-state index contributed by atoms with van der Waals surface area (Å²) < 4.78 is 11.5. The highest BCUT2D eigenvalue weighted by molar-refractivity contribution is 5.85. The largest absolute Gasteiger partial charge is 0.491 e. The van der Waals surface area contributed by atoms with Crippen LogP contribution in [0.2, 0.25) is 0 Å². The minimum Gasteiger partial charge on any atom is -0.491 e. The van der Waals surface area contributed by atoms with Gasteiger partial charge in [-0.1, -0.05) is 31.4 Å². The summed E-state index contributed by atoms with van der Waals surface area (Å²) in [7, 11) is 0. The highest BCUT2D eigenvalue weighted by Crippen LogP contribution is 2.33. The second-order valence-electron chi connectivity index (χ2n) is 7.84. The molecule has 1 aliphatic heterocycles. The van der Waals surface area contributed by atoms with E-state index in [1.807, 2.05) is 0 Å². The molecule has 0 spiro atoms. The predicted octanol–water partition coefficient (Wildman–Crippen LogP) is 4.01. The monoisotopic (exact) mass is 383 g/mol. The molecule has 1 heterocycles. The van der Waals surface area contributed by atoms with Crippen molar-refractivity contribution in [3.8, 4) is 5.75 Å². The number of nitrogens with zero attached hydrogens (tertiary/aromatic N) is 1. The van der Waals surface area contributed by atoms with E-state index in [0.717, 1.165) is 24.8 Å². The molecule has 3 unspecified atom stereocenters. The Balaban J connectivity index is 0.00000243. The molecule has 4 nitrogen and oxygen atoms in total. The van der Waals surface area contributed by atoms with Gasteiger partial charge in [-0.05, 0) is 50.3 Å². The van der Waals surface area contributed by atoms with Crippen LogP contribution in [0.5, 0.6) is 5.75 Å². The summed E-state index contributed by atoms with van der Waals surface area (Å²) in [5.41, 5.74) is 1.43. The number of aliphatic hydroxyl groups excluding tert-OH is 1. The Labute approximate surface area is 164 Å². The average Bonchev–Trinajstić information content (AvgIpc) is 2.60. The molecule has 0 radical (unpaired) electrons. The smallest absolute Gasteiger partial charge is 0.119 e. The molecular weight excluding hydrogens is 350 g/mol. The minimum absolute atomic E-state index is 0. The molecule has 1 aromatic rings. The van der Waals surface area contributed by atoms with Crippen LogP contribution in [0.1, 0.15) is 57.4 Å². The fourth-order valence-electron chi connectivity index (χ4n) is 4.25. The summed E-state index contributed by atoms with van der Waals surface area (Å²) in [5.74, 6) is 1.57. The van der Waals surface area contributed by atoms with Crippen molar-refractivity contribution in [2.24, 2.45) is 0 Å². The zero-order chi connectivity index (χ0) is 17.6. The van der Waals surface area contributed by atoms with Gasteiger partial charge in [0, 0.05) is 19.6 Å². The molecule has 1 aromatic carbocycles. The number of hydrogen-bond acceptors (Lipinski definition) is 4. The first kappa shape index (κ1) is 21.5. The topological polar surface area (TPSA) is 41.9 Å². The molecule has 148 valence electrons. The van der Waals surface area contributed by atoms with Crippen LogP contribution in [0, 0.1) is 0 Å². The number of rotatable bonds is 6. The first-order valence-corrected chi connectivity index (χ1v) is 9.89. The van der Waals surface area contributed by atoms with Crippen molar-refractivity contribution >= 4 is 12.4 Å². The van der Waals surface area contributed by atoms with Gasteiger partial charge < -0.3 is 14.6 Å². The highest BCUT2D eigenvalue weighted by Gasteiger charge is 2.24. The third kappa shape index (κ3) is 6.41. The maximum Gasteiger partial charge on any atom is 0.119 e. The number of halogens is 1. The van der Waals surface area contributed by atoms with Crippen molar-refractivity contribution in [1.29, 1.82) is 0 Å². The quantitative estimate of drug-likeness (QED) is 0.806. The first-order valence-electron chi connectivity index (χ1n) is 9.89. The minimum atomic E-state index is -0.476. The van der Waals surface area contributed by atoms with E-state index < -0.39 is 6.10 Å². The lowest BCUT2D eigenvalue weighted by Crippen LogP contribution is -2.48. The van der Waals surface area contributed by atoms with E-state index in [4.69, 9.17) is 9.47 Å². The van der Waals surface area contributed by atoms with E-state index in [9.17, 15) is 5.11 Å². The van der Waals surface area contributed by atoms with Gasteiger partial charge in [0.25, 0.3) is 0 Å². The van der Waals surface area contributed by atoms with Crippen LogP contribution in [0.15, 0.2) is 24.3 Å². The van der Waals surface area contributed by atoms with Crippen LogP contribution in [0.25, 0.3) is 0 Å². The van der Waals surface area contributed by atoms with E-state index in [1.165, 1.54) is 37.7 Å². The van der Waals surface area contributed by atoms with E-state index in [0.29, 0.717) is 13.2 Å². The summed E-state index contributed by atoms with van der Waals surface area (Å²) in [4.78, 5) is 2.26. The standard InChI is InChI=1S/C21H33NO3.ClH/c1-16-12-22(13-17(2)25-16)14-20(23)15-24-21-10-8-19(9-11-21)18-6-4-3-5-7-18;/h8-11,16-18,20,23H,3-7,12-15H2,1-2H3;1H. The van der Waals surface area contributed by atoms with Crippen LogP contribution in [-0.2, 0) is 4.74 Å². The Bertz CT molecular complexity index is 508. The summed E-state index contributed by atoms with van der Waals surface area (Å²) >= 11 is 0. The van der Waals surface area contributed by atoms with Crippen LogP contribution in [-0.4, -0.2) is 54.6 Å². The van der Waals surface area contributed by atoms with Gasteiger partial charge in [-0.3, -0.25) is 4.90 Å². The second kappa shape index (κ2) is 10.5. The lowest BCUT2D eigenvalue weighted by atomic mass is 9.84. The second-order valence-corrected chi connectivity index (χ2v) is 7.84. The number of ether oxygens (including phenoxy) is 2. The number of β-amino-alcohol motifs (C(OH)–C–C–N with tert-alkyl or cyclic N) is 1. The lowest BCUT2D eigenvalue weighted by molar-refractivity contribution is -0.0786. The van der Waals surface area contributed by atoms with Crippen molar-refractivity contribution in [3.05, 3.63) is 29.8 Å². The third-order valence-corrected chi connectivity index (χ3v) is 5.36. The molecule has 3 rings (SSSR count). The molecule has 1 N–H and O–H groups in total. The van der Waals surface area contributed by atoms with Gasteiger partial charge in [-0.2, -0.15) is 0 Å². The number of aliphatic hydroxyl groups is 1. The Morgan fingerprint density at radius 2 is 1.69 bits per heavy atom. The molecule has 5 heteroatoms. The van der Waals surface area contributed by atoms with Crippen LogP contribution < -0.4 is 4.74 Å². The summed E-state index contributed by atoms with van der Waals surface area (Å²) in [6.45, 7) is 6.88. The van der Waals surface area contributed by atoms with Gasteiger partial charge in [-0.25, -0.2) is 0 Å². The molecule has 1 saturated carbocycles. The Morgan fingerprint density at radius 1 is 1.08 bits per heavy atom. The molecule has 1 aliphatic carbocycles. The normalized spacial score (nSPS) is 26.1. The lowest BCUT2D eigenvalue weighted by Gasteiger charge is -2.36. The molecular formula is C21H34ClNO3. The maximum atomic E-state index is 10.3. The van der Waals surface area contributed by atoms with Gasteiger partial charge in [-0.15, -0.1) is 12.4 Å². The third-order valence-electron chi connectivity index (χ3n) is 5.36. The van der Waals surface area contributed by atoms with Crippen molar-refractivity contribution in [2.45, 2.75) is 70.2 Å². The predicted molar refractivity (Wildman–Crippen MR) is 107 cm³/mol. The molecule has 3 atom stereocenters. The van der Waals surface area contributed by atoms with E-state index >= 15 is 0 Å². The average molecular weight is 384 g/mol. The van der Waals surface area contributed by atoms with Gasteiger partial charge in [0.05, 0.1) is 12.2 Å². The molecule has 2 aliphatic rings. The Morgan fingerprint density at radius 3 is 2.31 bits per heavy atom. The van der Waals surface area contributed by atoms with Gasteiger partial charge in [0.15, 0.2) is 0 Å². The van der Waals surface area contributed by atoms with Crippen LogP contribution >= 0.6 is 12.4 Å². The van der Waals surface area contributed by atoms with Crippen molar-refractivity contribution in [3.63, 3.8) is 0 Å². The Hall–Kier alpha value is -0.810. The summed E-state index contributed by atoms with van der Waals surface area (Å²) in [6.07, 6.45) is 6.70. The zero-order valence-corrected chi connectivity index (χ0v) is 16.9. The maximum absolute atomic E-state index is 10.3. The molecule has 0 aromatic heterocycles. The highest BCUT2D eigenvalue weighted by atomic mass is 35.5. The summed E-state index contributed by atoms with van der Waals surface area (Å²) in [6, 6.07) is 8.50. The fourth-order valence-corrected chi connectivity index (χ4v) is 4.25. The molecule has 0 bridgehead atoms. The van der Waals surface area contributed by atoms with Crippen molar-refractivity contribution < 1.29 is 14.6 Å². The fraction of sp³-hybridized carbons (Fsp3) is 0.714. The van der Waals surface area contributed by atoms with Crippen molar-refractivity contribution in [1.82, 2.24) is 4.90 Å². The number of hydrogen-bond donors (Lipinski definition) is 1. The number of morpholine rings is 1. The van der Waals surface area contributed by atoms with E-state index in [2.05, 4.69) is 43.0 Å². The molecule has 2 fully saturated rings. The van der Waals surface area contributed by atoms with Crippen LogP contribution in [0.3, 0.4) is 0 Å². The molecule has 1 saturated heterocycles. The Kier molecular flexibility index (Phi) is 8.68. The van der Waals surface area contributed by atoms with E-state index in [-0.39, 0.29) is 24.6 Å². The van der Waals surface area contributed by atoms with E-state index in [1.54, 1.807) is 0 Å². The zero-order valence-electron chi connectivity index (χ0n) is 16.1. The molecule has 0 amide bonds. The number of benzene rings is 1. The van der Waals surface area contributed by atoms with Gasteiger partial charge in [0.2, 0.25) is 0 Å². The van der Waals surface area contributed by atoms with Crippen molar-refractivity contribution in [2.75, 3.05) is 26.2 Å². The van der Waals surface area contributed by atoms with Gasteiger partial charge in [0.1, 0.15) is 18.5 Å². The SMILES string of the molecule is CC1CN(CC(O)COc2ccc(C3CCCCC3)cc2)CC(C)O1.Cl. The summed E-state index contributed by atoms with van der Waals surface area (Å²) in [5, 5.41) is 10.3.